The van der Waals surface area contributed by atoms with E-state index in [1.54, 1.807) is 0 Å². The lowest BCUT2D eigenvalue weighted by molar-refractivity contribution is 0.568. The van der Waals surface area contributed by atoms with Gasteiger partial charge in [-0.3, -0.25) is 4.99 Å². The third-order valence-electron chi connectivity index (χ3n) is 1.89. The molecule has 0 aromatic rings. The van der Waals surface area contributed by atoms with Gasteiger partial charge in [-0.05, 0) is 26.8 Å². The summed E-state index contributed by atoms with van der Waals surface area (Å²) in [7, 11) is 1.93. The zero-order valence-electron chi connectivity index (χ0n) is 10.5. The highest BCUT2D eigenvalue weighted by Crippen LogP contribution is 2.05. The minimum Gasteiger partial charge on any atom is -0.370 e. The van der Waals surface area contributed by atoms with E-state index in [2.05, 4.69) is 16.9 Å². The van der Waals surface area contributed by atoms with E-state index in [1.807, 2.05) is 27.8 Å². The number of likely N-dealkylation sites (N-methyl/N-ethyl adjacent to an activating group) is 1. The van der Waals surface area contributed by atoms with Crippen molar-refractivity contribution in [2.45, 2.75) is 39.7 Å². The van der Waals surface area contributed by atoms with E-state index in [0.717, 1.165) is 18.4 Å². The predicted molar refractivity (Wildman–Crippen MR) is 68.9 cm³/mol. The Kier molecular flexibility index (Phi) is 12.1. The number of guanidine groups is 1. The van der Waals surface area contributed by atoms with Gasteiger partial charge in [0, 0.05) is 12.6 Å². The SMILES string of the molecule is C=C(C)C(CCCN=C(N)N)NC.CC. The van der Waals surface area contributed by atoms with Crippen LogP contribution in [0.25, 0.3) is 0 Å². The lowest BCUT2D eigenvalue weighted by atomic mass is 10.1. The van der Waals surface area contributed by atoms with Crippen LogP contribution < -0.4 is 16.8 Å². The molecule has 0 aliphatic carbocycles. The molecule has 0 aromatic carbocycles. The van der Waals surface area contributed by atoms with Crippen LogP contribution in [0.5, 0.6) is 0 Å². The van der Waals surface area contributed by atoms with Crippen LogP contribution in [0.2, 0.25) is 0 Å². The highest BCUT2D eigenvalue weighted by molar-refractivity contribution is 5.75. The van der Waals surface area contributed by atoms with Gasteiger partial charge in [-0.2, -0.15) is 0 Å². The quantitative estimate of drug-likeness (QED) is 0.269. The Labute approximate surface area is 93.8 Å². The van der Waals surface area contributed by atoms with Crippen molar-refractivity contribution in [3.05, 3.63) is 12.2 Å². The molecular weight excluding hydrogens is 188 g/mol. The highest BCUT2D eigenvalue weighted by Gasteiger charge is 2.04. The summed E-state index contributed by atoms with van der Waals surface area (Å²) in [6, 6.07) is 0.370. The second-order valence-corrected chi connectivity index (χ2v) is 3.14. The minimum atomic E-state index is 0.163. The molecule has 0 saturated carbocycles. The fourth-order valence-corrected chi connectivity index (χ4v) is 1.14. The monoisotopic (exact) mass is 214 g/mol. The van der Waals surface area contributed by atoms with Gasteiger partial charge in [0.25, 0.3) is 0 Å². The van der Waals surface area contributed by atoms with E-state index >= 15 is 0 Å². The second-order valence-electron chi connectivity index (χ2n) is 3.14. The van der Waals surface area contributed by atoms with Crippen molar-refractivity contribution < 1.29 is 0 Å². The largest absolute Gasteiger partial charge is 0.370 e. The second kappa shape index (κ2) is 11.0. The van der Waals surface area contributed by atoms with Gasteiger partial charge >= 0.3 is 0 Å². The van der Waals surface area contributed by atoms with Gasteiger partial charge in [-0.1, -0.05) is 26.0 Å². The predicted octanol–water partition coefficient (Wildman–Crippen LogP) is 1.23. The van der Waals surface area contributed by atoms with Crippen LogP contribution >= 0.6 is 0 Å². The van der Waals surface area contributed by atoms with Crippen molar-refractivity contribution in [1.29, 1.82) is 0 Å². The molecule has 4 nitrogen and oxygen atoms in total. The molecule has 15 heavy (non-hydrogen) atoms. The van der Waals surface area contributed by atoms with Gasteiger partial charge in [0.05, 0.1) is 0 Å². The maximum Gasteiger partial charge on any atom is 0.185 e. The molecule has 90 valence electrons. The molecule has 0 bridgehead atoms. The van der Waals surface area contributed by atoms with Crippen molar-refractivity contribution in [3.8, 4) is 0 Å². The number of nitrogens with one attached hydrogen (secondary N) is 1. The number of hydrogen-bond donors (Lipinski definition) is 3. The normalized spacial score (nSPS) is 10.9. The van der Waals surface area contributed by atoms with Crippen LogP contribution in [0.1, 0.15) is 33.6 Å². The molecule has 5 N–H and O–H groups in total. The van der Waals surface area contributed by atoms with E-state index in [4.69, 9.17) is 11.5 Å². The van der Waals surface area contributed by atoms with Gasteiger partial charge in [0.1, 0.15) is 0 Å². The van der Waals surface area contributed by atoms with Crippen LogP contribution in [0.15, 0.2) is 17.1 Å². The van der Waals surface area contributed by atoms with Gasteiger partial charge < -0.3 is 16.8 Å². The van der Waals surface area contributed by atoms with E-state index in [9.17, 15) is 0 Å². The van der Waals surface area contributed by atoms with E-state index < -0.39 is 0 Å². The lowest BCUT2D eigenvalue weighted by Crippen LogP contribution is -2.26. The zero-order valence-corrected chi connectivity index (χ0v) is 10.5. The summed E-state index contributed by atoms with van der Waals surface area (Å²) in [6.07, 6.45) is 1.98. The fraction of sp³-hybridized carbons (Fsp3) is 0.727. The van der Waals surface area contributed by atoms with Gasteiger partial charge in [-0.15, -0.1) is 0 Å². The molecule has 0 fully saturated rings. The Morgan fingerprint density at radius 3 is 2.27 bits per heavy atom. The topological polar surface area (TPSA) is 76.4 Å². The maximum atomic E-state index is 5.20. The van der Waals surface area contributed by atoms with Crippen molar-refractivity contribution >= 4 is 5.96 Å². The first kappa shape index (κ1) is 16.4. The Balaban J connectivity index is 0. The average Bonchev–Trinajstić information content (AvgIpc) is 2.20. The molecule has 0 spiro atoms. The Morgan fingerprint density at radius 1 is 1.40 bits per heavy atom. The Hall–Kier alpha value is -1.03. The summed E-state index contributed by atoms with van der Waals surface area (Å²) in [5.74, 6) is 0.163. The minimum absolute atomic E-state index is 0.163. The molecule has 0 aromatic heterocycles. The summed E-state index contributed by atoms with van der Waals surface area (Å²) in [4.78, 5) is 3.90. The van der Waals surface area contributed by atoms with Crippen LogP contribution in [0.4, 0.5) is 0 Å². The molecule has 4 heteroatoms. The zero-order chi connectivity index (χ0) is 12.3. The molecular formula is C11H26N4. The van der Waals surface area contributed by atoms with Crippen molar-refractivity contribution in [2.75, 3.05) is 13.6 Å². The molecule has 0 amide bonds. The molecule has 1 atom stereocenters. The summed E-state index contributed by atoms with van der Waals surface area (Å²) in [6.45, 7) is 10.6. The van der Waals surface area contributed by atoms with Crippen molar-refractivity contribution in [1.82, 2.24) is 5.32 Å². The first-order valence-corrected chi connectivity index (χ1v) is 5.46. The summed E-state index contributed by atoms with van der Waals surface area (Å²) < 4.78 is 0. The van der Waals surface area contributed by atoms with Crippen LogP contribution in [0.3, 0.4) is 0 Å². The number of nitrogens with zero attached hydrogens (tertiary/aromatic N) is 1. The van der Waals surface area contributed by atoms with Crippen LogP contribution in [0, 0.1) is 0 Å². The standard InChI is InChI=1S/C9H20N4.C2H6/c1-7(2)8(12-3)5-4-6-13-9(10)11;1-2/h8,12H,1,4-6H2,2-3H3,(H4,10,11,13);1-2H3. The lowest BCUT2D eigenvalue weighted by Gasteiger charge is -2.14. The van der Waals surface area contributed by atoms with Crippen molar-refractivity contribution in [2.24, 2.45) is 16.5 Å². The fourth-order valence-electron chi connectivity index (χ4n) is 1.14. The molecule has 0 radical (unpaired) electrons. The van der Waals surface area contributed by atoms with E-state index in [1.165, 1.54) is 0 Å². The van der Waals surface area contributed by atoms with Crippen LogP contribution in [-0.2, 0) is 0 Å². The summed E-state index contributed by atoms with van der Waals surface area (Å²) in [5.41, 5.74) is 11.5. The average molecular weight is 214 g/mol. The highest BCUT2D eigenvalue weighted by atomic mass is 15.0. The van der Waals surface area contributed by atoms with Gasteiger partial charge in [-0.25, -0.2) is 0 Å². The Bertz CT molecular complexity index is 183. The Morgan fingerprint density at radius 2 is 1.93 bits per heavy atom. The molecule has 0 heterocycles. The van der Waals surface area contributed by atoms with Crippen molar-refractivity contribution in [3.63, 3.8) is 0 Å². The van der Waals surface area contributed by atoms with Gasteiger partial charge in [0.15, 0.2) is 5.96 Å². The molecule has 0 saturated heterocycles. The molecule has 0 aliphatic rings. The number of nitrogens with two attached hydrogens (primary N) is 2. The first-order chi connectivity index (χ1) is 7.07. The van der Waals surface area contributed by atoms with Crippen LogP contribution in [-0.4, -0.2) is 25.6 Å². The number of hydrogen-bond acceptors (Lipinski definition) is 2. The molecule has 0 aliphatic heterocycles. The third kappa shape index (κ3) is 10.9. The number of aliphatic imine (C=N–C) groups is 1. The summed E-state index contributed by atoms with van der Waals surface area (Å²) in [5, 5.41) is 3.18. The molecule has 1 unspecified atom stereocenters. The third-order valence-corrected chi connectivity index (χ3v) is 1.89. The molecule has 0 rings (SSSR count). The smallest absolute Gasteiger partial charge is 0.185 e. The summed E-state index contributed by atoms with van der Waals surface area (Å²) >= 11 is 0. The number of rotatable bonds is 6. The first-order valence-electron chi connectivity index (χ1n) is 5.46. The maximum absolute atomic E-state index is 5.20. The van der Waals surface area contributed by atoms with E-state index in [0.29, 0.717) is 12.6 Å². The van der Waals surface area contributed by atoms with E-state index in [-0.39, 0.29) is 5.96 Å². The van der Waals surface area contributed by atoms with Gasteiger partial charge in [0.2, 0.25) is 0 Å².